The van der Waals surface area contributed by atoms with Crippen molar-refractivity contribution >= 4 is 35.1 Å². The predicted octanol–water partition coefficient (Wildman–Crippen LogP) is 3.23. The van der Waals surface area contributed by atoms with Crippen molar-refractivity contribution in [2.24, 2.45) is 5.92 Å². The number of aromatic nitrogens is 1. The number of nitrogens with one attached hydrogen (secondary N) is 1. The summed E-state index contributed by atoms with van der Waals surface area (Å²) in [6.45, 7) is 4.88. The van der Waals surface area contributed by atoms with Gasteiger partial charge < -0.3 is 19.4 Å². The Morgan fingerprint density at radius 3 is 2.93 bits per heavy atom. The highest BCUT2D eigenvalue weighted by atomic mass is 16.6. The highest BCUT2D eigenvalue weighted by molar-refractivity contribution is 6.05. The molecule has 27 heavy (non-hydrogen) atoms. The molecule has 0 radical (unpaired) electrons. The third kappa shape index (κ3) is 3.94. The van der Waals surface area contributed by atoms with Gasteiger partial charge in [0.25, 0.3) is 0 Å². The third-order valence-corrected chi connectivity index (χ3v) is 4.95. The minimum atomic E-state index is -0.299. The Kier molecular flexibility index (Phi) is 5.73. The van der Waals surface area contributed by atoms with Gasteiger partial charge in [-0.2, -0.15) is 0 Å². The number of pyridine rings is 1. The highest BCUT2D eigenvalue weighted by Gasteiger charge is 2.28. The molecule has 0 spiro atoms. The van der Waals surface area contributed by atoms with Crippen LogP contribution in [0.15, 0.2) is 22.7 Å². The lowest BCUT2D eigenvalue weighted by Gasteiger charge is -2.23. The molecular weight excluding hydrogens is 350 g/mol. The van der Waals surface area contributed by atoms with Gasteiger partial charge in [0.2, 0.25) is 5.91 Å². The number of carbonyl (C=O) groups excluding carboxylic acids is 3. The molecule has 2 aromatic heterocycles. The van der Waals surface area contributed by atoms with Crippen LogP contribution in [-0.2, 0) is 9.53 Å². The van der Waals surface area contributed by atoms with Crippen LogP contribution in [0.4, 0.5) is 10.5 Å². The minimum Gasteiger partial charge on any atom is -0.449 e. The first-order chi connectivity index (χ1) is 13.0. The van der Waals surface area contributed by atoms with E-state index in [-0.39, 0.29) is 29.7 Å². The molecule has 8 nitrogen and oxygen atoms in total. The van der Waals surface area contributed by atoms with Crippen molar-refractivity contribution in [3.8, 4) is 0 Å². The zero-order chi connectivity index (χ0) is 19.4. The maximum atomic E-state index is 12.7. The molecule has 2 aromatic rings. The number of hydrogen-bond acceptors (Lipinski definition) is 6. The summed E-state index contributed by atoms with van der Waals surface area (Å²) < 4.78 is 10.4. The number of ether oxygens (including phenoxy) is 1. The Labute approximate surface area is 156 Å². The average Bonchev–Trinajstić information content (AvgIpc) is 3.25. The van der Waals surface area contributed by atoms with E-state index in [0.717, 1.165) is 0 Å². The Morgan fingerprint density at radius 2 is 2.26 bits per heavy atom. The second kappa shape index (κ2) is 8.20. The second-order valence-electron chi connectivity index (χ2n) is 6.64. The molecule has 1 aliphatic heterocycles. The number of hydrogen-bond donors (Lipinski definition) is 1. The normalized spacial score (nSPS) is 16.2. The fourth-order valence-corrected chi connectivity index (χ4v) is 3.30. The van der Waals surface area contributed by atoms with Crippen LogP contribution in [0.5, 0.6) is 0 Å². The van der Waals surface area contributed by atoms with Gasteiger partial charge in [-0.25, -0.2) is 4.79 Å². The van der Waals surface area contributed by atoms with Gasteiger partial charge in [0.15, 0.2) is 17.6 Å². The van der Waals surface area contributed by atoms with Gasteiger partial charge in [-0.05, 0) is 38.3 Å². The van der Waals surface area contributed by atoms with Crippen LogP contribution in [0.25, 0.3) is 11.1 Å². The van der Waals surface area contributed by atoms with Gasteiger partial charge in [0, 0.05) is 18.2 Å². The van der Waals surface area contributed by atoms with Crippen LogP contribution in [0.2, 0.25) is 0 Å². The van der Waals surface area contributed by atoms with Crippen molar-refractivity contribution in [3.05, 3.63) is 24.1 Å². The van der Waals surface area contributed by atoms with Gasteiger partial charge in [0.1, 0.15) is 17.8 Å². The molecule has 144 valence electrons. The molecule has 2 atom stereocenters. The van der Waals surface area contributed by atoms with Crippen molar-refractivity contribution in [2.75, 3.05) is 18.5 Å². The molecule has 0 aliphatic carbocycles. The quantitative estimate of drug-likeness (QED) is 0.713. The maximum absolute atomic E-state index is 12.7. The summed E-state index contributed by atoms with van der Waals surface area (Å²) in [5, 5.41) is 2.81. The lowest BCUT2D eigenvalue weighted by Crippen LogP contribution is -2.34. The molecule has 0 bridgehead atoms. The number of fused-ring (bicyclic) bond motifs is 1. The Bertz CT molecular complexity index is 847. The van der Waals surface area contributed by atoms with Crippen LogP contribution in [0.1, 0.15) is 43.7 Å². The first kappa shape index (κ1) is 18.9. The molecule has 3 rings (SSSR count). The average molecular weight is 373 g/mol. The fraction of sp³-hybridized carbons (Fsp3) is 0.474. The molecule has 8 heteroatoms. The zero-order valence-electron chi connectivity index (χ0n) is 15.4. The monoisotopic (exact) mass is 373 g/mol. The summed E-state index contributed by atoms with van der Waals surface area (Å²) in [6, 6.07) is 3.40. The van der Waals surface area contributed by atoms with Crippen LogP contribution >= 0.6 is 0 Å². The summed E-state index contributed by atoms with van der Waals surface area (Å²) >= 11 is 0. The van der Waals surface area contributed by atoms with Gasteiger partial charge in [0.05, 0.1) is 6.54 Å². The number of nitrogens with zero attached hydrogens (tertiary/aromatic N) is 2. The lowest BCUT2D eigenvalue weighted by molar-refractivity contribution is -0.120. The van der Waals surface area contributed by atoms with E-state index in [1.807, 2.05) is 13.8 Å². The largest absolute Gasteiger partial charge is 0.449 e. The van der Waals surface area contributed by atoms with E-state index < -0.39 is 0 Å². The lowest BCUT2D eigenvalue weighted by atomic mass is 9.96. The first-order valence-corrected chi connectivity index (χ1v) is 9.12. The molecule has 1 saturated heterocycles. The van der Waals surface area contributed by atoms with E-state index in [1.165, 1.54) is 0 Å². The number of furan rings is 1. The SMILES string of the molecule is CC[C@H](CCC(C)N1CCOC1=O)C(=O)Nc1c(C=O)oc2cccnc12. The smallest absolute Gasteiger partial charge is 0.410 e. The second-order valence-corrected chi connectivity index (χ2v) is 6.64. The number of amides is 2. The Hall–Kier alpha value is -2.90. The Balaban J connectivity index is 1.67. The summed E-state index contributed by atoms with van der Waals surface area (Å²) in [5.41, 5.74) is 1.21. The van der Waals surface area contributed by atoms with Gasteiger partial charge in [-0.3, -0.25) is 14.6 Å². The molecule has 1 unspecified atom stereocenters. The number of cyclic esters (lactones) is 1. The van der Waals surface area contributed by atoms with E-state index in [4.69, 9.17) is 9.15 Å². The summed E-state index contributed by atoms with van der Waals surface area (Å²) in [7, 11) is 0. The topological polar surface area (TPSA) is 102 Å². The van der Waals surface area contributed by atoms with Gasteiger partial charge in [-0.1, -0.05) is 6.92 Å². The summed E-state index contributed by atoms with van der Waals surface area (Å²) in [5.74, 6) is -0.385. The number of anilines is 1. The van der Waals surface area contributed by atoms with Crippen LogP contribution in [-0.4, -0.2) is 47.4 Å². The maximum Gasteiger partial charge on any atom is 0.410 e. The van der Waals surface area contributed by atoms with Crippen LogP contribution in [0, 0.1) is 5.92 Å². The number of aldehydes is 1. The van der Waals surface area contributed by atoms with E-state index in [0.29, 0.717) is 55.5 Å². The van der Waals surface area contributed by atoms with Gasteiger partial charge in [-0.15, -0.1) is 0 Å². The van der Waals surface area contributed by atoms with Crippen molar-refractivity contribution in [1.29, 1.82) is 0 Å². The van der Waals surface area contributed by atoms with Crippen molar-refractivity contribution in [3.63, 3.8) is 0 Å². The zero-order valence-corrected chi connectivity index (χ0v) is 15.4. The van der Waals surface area contributed by atoms with E-state index in [2.05, 4.69) is 10.3 Å². The molecule has 3 heterocycles. The van der Waals surface area contributed by atoms with Crippen molar-refractivity contribution < 1.29 is 23.5 Å². The Morgan fingerprint density at radius 1 is 1.44 bits per heavy atom. The van der Waals surface area contributed by atoms with E-state index >= 15 is 0 Å². The first-order valence-electron chi connectivity index (χ1n) is 9.12. The molecule has 0 saturated carbocycles. The highest BCUT2D eigenvalue weighted by Crippen LogP contribution is 2.29. The molecular formula is C19H23N3O5. The van der Waals surface area contributed by atoms with E-state index in [9.17, 15) is 14.4 Å². The fourth-order valence-electron chi connectivity index (χ4n) is 3.30. The van der Waals surface area contributed by atoms with Crippen LogP contribution < -0.4 is 5.32 Å². The molecule has 1 aliphatic rings. The molecule has 1 N–H and O–H groups in total. The molecule has 2 amide bonds. The number of rotatable bonds is 8. The van der Waals surface area contributed by atoms with Crippen LogP contribution in [0.3, 0.4) is 0 Å². The predicted molar refractivity (Wildman–Crippen MR) is 98.6 cm³/mol. The van der Waals surface area contributed by atoms with Crippen molar-refractivity contribution in [1.82, 2.24) is 9.88 Å². The molecule has 0 aromatic carbocycles. The standard InChI is InChI=1S/C19H23N3O5/c1-3-13(7-6-12(2)22-9-10-26-19(22)25)18(24)21-17-15(11-23)27-14-5-4-8-20-16(14)17/h4-5,8,11-13H,3,6-7,9-10H2,1-2H3,(H,21,24)/t12?,13-/m1/s1. The molecule has 1 fully saturated rings. The van der Waals surface area contributed by atoms with Gasteiger partial charge >= 0.3 is 6.09 Å². The summed E-state index contributed by atoms with van der Waals surface area (Å²) in [6.07, 6.45) is 3.79. The third-order valence-electron chi connectivity index (χ3n) is 4.95. The minimum absolute atomic E-state index is 0.00353. The van der Waals surface area contributed by atoms with E-state index in [1.54, 1.807) is 23.2 Å². The summed E-state index contributed by atoms with van der Waals surface area (Å²) in [4.78, 5) is 41.6. The van der Waals surface area contributed by atoms with Crippen molar-refractivity contribution in [2.45, 2.75) is 39.2 Å². The number of carbonyl (C=O) groups is 3.